The Labute approximate surface area is 410 Å². The molecule has 70 heavy (non-hydrogen) atoms. The van der Waals surface area contributed by atoms with Gasteiger partial charge in [0.25, 0.3) is 11.8 Å². The van der Waals surface area contributed by atoms with Crippen LogP contribution in [0, 0.1) is 12.3 Å². The zero-order valence-electron chi connectivity index (χ0n) is 40.4. The number of amides is 2. The van der Waals surface area contributed by atoms with Gasteiger partial charge in [0, 0.05) is 80.9 Å². The second kappa shape index (κ2) is 27.9. The molecule has 7 heterocycles. The van der Waals surface area contributed by atoms with Crippen LogP contribution in [0.5, 0.6) is 0 Å². The van der Waals surface area contributed by atoms with Gasteiger partial charge in [-0.3, -0.25) is 14.5 Å². The fraction of sp³-hybridized carbons (Fsp3) is 0.453. The minimum absolute atomic E-state index is 0.275. The van der Waals surface area contributed by atoms with Gasteiger partial charge in [0.05, 0.1) is 131 Å². The molecule has 17 heteroatoms. The molecule has 0 radical (unpaired) electrons. The molecule has 0 saturated heterocycles. The van der Waals surface area contributed by atoms with Crippen LogP contribution < -0.4 is 5.32 Å². The van der Waals surface area contributed by atoms with E-state index < -0.39 is 0 Å². The molecule has 8 bridgehead atoms. The van der Waals surface area contributed by atoms with Crippen LogP contribution in [-0.2, 0) is 47.5 Å². The highest BCUT2D eigenvalue weighted by Gasteiger charge is 2.28. The fourth-order valence-electron chi connectivity index (χ4n) is 8.29. The fourth-order valence-corrected chi connectivity index (χ4v) is 8.29. The van der Waals surface area contributed by atoms with E-state index in [2.05, 4.69) is 34.4 Å². The molecule has 0 atom stereocenters. The number of terminal acetylenes is 1. The summed E-state index contributed by atoms with van der Waals surface area (Å²) < 4.78 is 44.4. The summed E-state index contributed by atoms with van der Waals surface area (Å²) in [4.78, 5) is 48.0. The number of methoxy groups -OCH3 is 2. The Bertz CT molecular complexity index is 2420. The number of aromatic nitrogens is 1. The van der Waals surface area contributed by atoms with Gasteiger partial charge in [-0.25, -0.2) is 15.0 Å². The lowest BCUT2D eigenvalue weighted by Gasteiger charge is -2.19. The lowest BCUT2D eigenvalue weighted by molar-refractivity contribution is -0.136. The number of allylic oxidation sites excluding steroid dienone is 10. The first-order chi connectivity index (χ1) is 34.5. The van der Waals surface area contributed by atoms with Crippen molar-refractivity contribution in [2.75, 3.05) is 120 Å². The molecule has 1 aromatic rings. The number of rotatable bonds is 31. The quantitative estimate of drug-likeness (QED) is 0.0535. The maximum absolute atomic E-state index is 12.5. The standard InChI is InChI=1S/C53H65N7O10/c1-4-22-59-24-21-54-53(59)52-48-17-15-46(57-48)40(9-6-25-65-31-33-69-37-35-67-29-27-63-2)44-13-11-42(55-44)39(8-5-23-60-50(61)19-20-51(60)62)43-12-14-45(56-43)41(47-16-18-49(52)58-47)10-7-26-66-32-34-70-38-36-68-30-28-64-3/h1,11-21,24,54,57H,5-10,22-23,25-38H2,2-3H3/b43-39?,44-40?,47-41?,53-52-. The van der Waals surface area contributed by atoms with Gasteiger partial charge in [0.2, 0.25) is 0 Å². The molecule has 2 amide bonds. The van der Waals surface area contributed by atoms with Crippen LogP contribution in [0.25, 0.3) is 11.1 Å². The summed E-state index contributed by atoms with van der Waals surface area (Å²) in [5, 5.41) is 3.44. The molecule has 2 N–H and O–H groups in total. The highest BCUT2D eigenvalue weighted by atomic mass is 16.6. The number of nitrogens with zero attached hydrogens (tertiary/aromatic N) is 5. The Balaban J connectivity index is 1.17. The van der Waals surface area contributed by atoms with Crippen molar-refractivity contribution in [2.24, 2.45) is 15.0 Å². The van der Waals surface area contributed by atoms with E-state index >= 15 is 0 Å². The summed E-state index contributed by atoms with van der Waals surface area (Å²) in [7, 11) is 3.29. The monoisotopic (exact) mass is 959 g/mol. The Kier molecular flexibility index (Phi) is 20.7. The average Bonchev–Trinajstić information content (AvgIpc) is 4.25. The highest BCUT2D eigenvalue weighted by molar-refractivity contribution is 6.31. The van der Waals surface area contributed by atoms with Gasteiger partial charge in [-0.2, -0.15) is 0 Å². The molecule has 1 aromatic heterocycles. The number of hydrogen-bond acceptors (Lipinski definition) is 15. The summed E-state index contributed by atoms with van der Waals surface area (Å²) in [5.74, 6) is 2.99. The first-order valence-corrected chi connectivity index (χ1v) is 24.0. The topological polar surface area (TPSA) is 179 Å². The van der Waals surface area contributed by atoms with Crippen LogP contribution in [0.15, 0.2) is 122 Å². The van der Waals surface area contributed by atoms with Gasteiger partial charge in [-0.15, -0.1) is 6.42 Å². The van der Waals surface area contributed by atoms with Gasteiger partial charge >= 0.3 is 0 Å². The summed E-state index contributed by atoms with van der Waals surface area (Å²) in [5.41, 5.74) is 10.2. The Morgan fingerprint density at radius 3 is 1.54 bits per heavy atom. The molecule has 6 aliphatic heterocycles. The minimum Gasteiger partial charge on any atom is -0.382 e. The van der Waals surface area contributed by atoms with Crippen LogP contribution in [0.1, 0.15) is 49.9 Å². The van der Waals surface area contributed by atoms with E-state index in [1.807, 2.05) is 47.7 Å². The third-order valence-corrected chi connectivity index (χ3v) is 11.8. The Morgan fingerprint density at radius 1 is 0.543 bits per heavy atom. The lowest BCUT2D eigenvalue weighted by atomic mass is 10.0. The normalized spacial score (nSPS) is 18.2. The molecule has 7 rings (SSSR count). The number of aromatic amines is 1. The summed E-state index contributed by atoms with van der Waals surface area (Å²) in [6, 6.07) is 4.17. The predicted octanol–water partition coefficient (Wildman–Crippen LogP) is 5.62. The number of carbonyl (C=O) groups is 2. The average molecular weight is 960 g/mol. The molecule has 372 valence electrons. The number of hydrogen-bond donors (Lipinski definition) is 2. The van der Waals surface area contributed by atoms with Crippen molar-refractivity contribution in [3.8, 4) is 12.3 Å². The molecule has 0 saturated carbocycles. The van der Waals surface area contributed by atoms with E-state index in [1.54, 1.807) is 14.2 Å². The number of aliphatic imine (C=N–C) groups is 3. The predicted molar refractivity (Wildman–Crippen MR) is 268 cm³/mol. The van der Waals surface area contributed by atoms with Crippen LogP contribution in [0.2, 0.25) is 0 Å². The van der Waals surface area contributed by atoms with E-state index in [1.165, 1.54) is 17.1 Å². The molecule has 6 aliphatic rings. The van der Waals surface area contributed by atoms with Crippen molar-refractivity contribution in [3.63, 3.8) is 0 Å². The van der Waals surface area contributed by atoms with Crippen LogP contribution in [0.3, 0.4) is 0 Å². The number of H-pyrrole nitrogens is 1. The molecule has 0 aliphatic carbocycles. The van der Waals surface area contributed by atoms with Crippen LogP contribution in [-0.4, -0.2) is 164 Å². The smallest absolute Gasteiger partial charge is 0.253 e. The Hall–Kier alpha value is -6.07. The van der Waals surface area contributed by atoms with Gasteiger partial charge < -0.3 is 53.1 Å². The minimum atomic E-state index is -0.303. The van der Waals surface area contributed by atoms with Gasteiger partial charge in [0.1, 0.15) is 5.82 Å². The molecule has 17 nitrogen and oxygen atoms in total. The summed E-state index contributed by atoms with van der Waals surface area (Å²) in [6.45, 7) is 7.69. The number of fused-ring (bicyclic) bond motifs is 5. The van der Waals surface area contributed by atoms with E-state index in [-0.39, 0.29) is 18.4 Å². The SMILES string of the molecule is C#CCN1C=CN/C1=C1/C2=NC(=C(CCCOCCOCCOCCOC)C3=NC(=C(CCCN4C(=O)C=CC4=O)C4=NC(=C(CCCOCCOCCOCCOC)c5ccc1[nH]5)C=C4)C=C3)C=C2. The zero-order chi connectivity index (χ0) is 48.8. The van der Waals surface area contributed by atoms with E-state index in [4.69, 9.17) is 59.3 Å². The van der Waals surface area contributed by atoms with Crippen molar-refractivity contribution >= 4 is 40.1 Å². The maximum Gasteiger partial charge on any atom is 0.253 e. The summed E-state index contributed by atoms with van der Waals surface area (Å²) >= 11 is 0. The van der Waals surface area contributed by atoms with Crippen molar-refractivity contribution in [1.82, 2.24) is 20.1 Å². The van der Waals surface area contributed by atoms with Crippen LogP contribution >= 0.6 is 0 Å². The maximum atomic E-state index is 12.5. The van der Waals surface area contributed by atoms with Crippen molar-refractivity contribution < 1.29 is 47.5 Å². The Morgan fingerprint density at radius 2 is 1.00 bits per heavy atom. The second-order valence-electron chi connectivity index (χ2n) is 16.5. The number of imide groups is 1. The number of carbonyl (C=O) groups excluding carboxylic acids is 2. The van der Waals surface area contributed by atoms with Crippen molar-refractivity contribution in [1.29, 1.82) is 0 Å². The van der Waals surface area contributed by atoms with Gasteiger partial charge in [-0.1, -0.05) is 5.92 Å². The third-order valence-electron chi connectivity index (χ3n) is 11.8. The molecule has 0 fully saturated rings. The largest absolute Gasteiger partial charge is 0.382 e. The molecular weight excluding hydrogens is 895 g/mol. The zero-order valence-corrected chi connectivity index (χ0v) is 40.4. The molecule has 0 spiro atoms. The first-order valence-electron chi connectivity index (χ1n) is 24.0. The number of nitrogens with one attached hydrogen (secondary N) is 2. The first kappa shape index (κ1) is 51.8. The summed E-state index contributed by atoms with van der Waals surface area (Å²) in [6.07, 6.45) is 28.4. The lowest BCUT2D eigenvalue weighted by Crippen LogP contribution is -2.31. The molecule has 0 aromatic carbocycles. The highest BCUT2D eigenvalue weighted by Crippen LogP contribution is 2.36. The number of ether oxygens (including phenoxy) is 8. The molecule has 0 unspecified atom stereocenters. The van der Waals surface area contributed by atoms with E-state index in [9.17, 15) is 9.59 Å². The van der Waals surface area contributed by atoms with Crippen LogP contribution in [0.4, 0.5) is 0 Å². The van der Waals surface area contributed by atoms with Crippen molar-refractivity contribution in [3.05, 3.63) is 119 Å². The second-order valence-corrected chi connectivity index (χ2v) is 16.5. The third kappa shape index (κ3) is 14.5. The molecular formula is C53H65N7O10. The van der Waals surface area contributed by atoms with Gasteiger partial charge in [-0.05, 0) is 87.1 Å². The van der Waals surface area contributed by atoms with E-state index in [0.717, 1.165) is 80.1 Å². The van der Waals surface area contributed by atoms with E-state index in [0.29, 0.717) is 131 Å². The van der Waals surface area contributed by atoms with Crippen molar-refractivity contribution in [2.45, 2.75) is 38.5 Å². The van der Waals surface area contributed by atoms with Gasteiger partial charge in [0.15, 0.2) is 0 Å².